The van der Waals surface area contributed by atoms with E-state index in [1.807, 2.05) is 30.3 Å². The van der Waals surface area contributed by atoms with Gasteiger partial charge in [0.05, 0.1) is 18.4 Å². The van der Waals surface area contributed by atoms with Crippen LogP contribution in [-0.4, -0.2) is 19.0 Å². The first kappa shape index (κ1) is 11.5. The van der Waals surface area contributed by atoms with E-state index in [0.717, 1.165) is 12.1 Å². The van der Waals surface area contributed by atoms with Crippen molar-refractivity contribution in [1.82, 2.24) is 5.32 Å². The van der Waals surface area contributed by atoms with Crippen molar-refractivity contribution in [2.45, 2.75) is 12.8 Å². The fourth-order valence-electron chi connectivity index (χ4n) is 2.01. The van der Waals surface area contributed by atoms with E-state index in [9.17, 15) is 4.79 Å². The molecule has 1 aliphatic rings. The molecule has 1 aromatic carbocycles. The van der Waals surface area contributed by atoms with E-state index in [0.29, 0.717) is 19.5 Å². The average Bonchev–Trinajstić information content (AvgIpc) is 2.38. The van der Waals surface area contributed by atoms with E-state index in [-0.39, 0.29) is 11.8 Å². The van der Waals surface area contributed by atoms with Gasteiger partial charge in [-0.05, 0) is 18.1 Å². The van der Waals surface area contributed by atoms with Gasteiger partial charge in [-0.1, -0.05) is 18.2 Å². The van der Waals surface area contributed by atoms with Gasteiger partial charge in [0.2, 0.25) is 5.91 Å². The monoisotopic (exact) mass is 229 g/mol. The molecule has 1 amide bonds. The molecule has 88 valence electrons. The van der Waals surface area contributed by atoms with Crippen LogP contribution >= 0.6 is 0 Å². The van der Waals surface area contributed by atoms with Crippen LogP contribution in [-0.2, 0) is 11.2 Å². The molecule has 0 bridgehead atoms. The van der Waals surface area contributed by atoms with E-state index in [2.05, 4.69) is 10.6 Å². The third kappa shape index (κ3) is 2.76. The molecule has 0 spiro atoms. The number of nitrogens with zero attached hydrogens (tertiary/aromatic N) is 1. The fraction of sp³-hybridized carbons (Fsp3) is 0.385. The molecule has 1 aromatic rings. The van der Waals surface area contributed by atoms with Crippen LogP contribution in [0.4, 0.5) is 5.69 Å². The summed E-state index contributed by atoms with van der Waals surface area (Å²) in [4.78, 5) is 11.8. The molecule has 1 atom stereocenters. The van der Waals surface area contributed by atoms with Crippen molar-refractivity contribution in [1.29, 1.82) is 5.26 Å². The number of anilines is 1. The number of fused-ring (bicyclic) bond motifs is 1. The lowest BCUT2D eigenvalue weighted by molar-refractivity contribution is -0.124. The molecule has 17 heavy (non-hydrogen) atoms. The molecular formula is C13H15N3O. The van der Waals surface area contributed by atoms with Crippen LogP contribution in [0.25, 0.3) is 0 Å². The number of carbonyl (C=O) groups is 1. The second-order valence-electron chi connectivity index (χ2n) is 4.14. The summed E-state index contributed by atoms with van der Waals surface area (Å²) >= 11 is 0. The van der Waals surface area contributed by atoms with E-state index >= 15 is 0 Å². The predicted octanol–water partition coefficient (Wildman–Crippen LogP) is 1.30. The second-order valence-corrected chi connectivity index (χ2v) is 4.14. The Labute approximate surface area is 101 Å². The Kier molecular flexibility index (Phi) is 3.61. The largest absolute Gasteiger partial charge is 0.384 e. The third-order valence-electron chi connectivity index (χ3n) is 2.93. The number of para-hydroxylation sites is 1. The Balaban J connectivity index is 1.93. The molecule has 0 saturated carbocycles. The number of rotatable bonds is 3. The minimum absolute atomic E-state index is 0.0299. The molecule has 0 radical (unpaired) electrons. The Bertz CT molecular complexity index is 450. The topological polar surface area (TPSA) is 64.9 Å². The first-order valence-corrected chi connectivity index (χ1v) is 5.77. The van der Waals surface area contributed by atoms with Crippen LogP contribution < -0.4 is 10.6 Å². The molecule has 4 nitrogen and oxygen atoms in total. The lowest BCUT2D eigenvalue weighted by Gasteiger charge is -2.25. The molecular weight excluding hydrogens is 214 g/mol. The van der Waals surface area contributed by atoms with Gasteiger partial charge in [-0.2, -0.15) is 5.26 Å². The first-order chi connectivity index (χ1) is 8.31. The summed E-state index contributed by atoms with van der Waals surface area (Å²) in [6, 6.07) is 10.0. The summed E-state index contributed by atoms with van der Waals surface area (Å²) in [5.41, 5.74) is 2.30. The van der Waals surface area contributed by atoms with Crippen LogP contribution in [0.1, 0.15) is 12.0 Å². The molecule has 0 aliphatic carbocycles. The molecule has 1 unspecified atom stereocenters. The standard InChI is InChI=1S/C13H15N3O/c14-6-3-7-15-13(17)11-8-10-4-1-2-5-12(10)16-9-11/h1-2,4-5,11,16H,3,7-9H2,(H,15,17). The number of nitriles is 1. The predicted molar refractivity (Wildman–Crippen MR) is 65.4 cm³/mol. The zero-order chi connectivity index (χ0) is 12.1. The van der Waals surface area contributed by atoms with Gasteiger partial charge >= 0.3 is 0 Å². The Hall–Kier alpha value is -2.02. The number of hydrogen-bond acceptors (Lipinski definition) is 3. The molecule has 1 heterocycles. The molecule has 0 fully saturated rings. The van der Waals surface area contributed by atoms with Gasteiger partial charge in [0.15, 0.2) is 0 Å². The van der Waals surface area contributed by atoms with Crippen LogP contribution in [0.5, 0.6) is 0 Å². The van der Waals surface area contributed by atoms with Gasteiger partial charge in [0.1, 0.15) is 0 Å². The van der Waals surface area contributed by atoms with E-state index in [1.165, 1.54) is 5.56 Å². The molecule has 0 aromatic heterocycles. The van der Waals surface area contributed by atoms with Crippen molar-refractivity contribution in [3.05, 3.63) is 29.8 Å². The number of benzene rings is 1. The Morgan fingerprint density at radius 2 is 2.35 bits per heavy atom. The van der Waals surface area contributed by atoms with Gasteiger partial charge in [-0.25, -0.2) is 0 Å². The average molecular weight is 229 g/mol. The molecule has 2 N–H and O–H groups in total. The maximum Gasteiger partial charge on any atom is 0.225 e. The smallest absolute Gasteiger partial charge is 0.225 e. The molecule has 4 heteroatoms. The quantitative estimate of drug-likeness (QED) is 0.768. The van der Waals surface area contributed by atoms with Crippen molar-refractivity contribution < 1.29 is 4.79 Å². The fourth-order valence-corrected chi connectivity index (χ4v) is 2.01. The number of hydrogen-bond donors (Lipinski definition) is 2. The minimum Gasteiger partial charge on any atom is -0.384 e. The SMILES string of the molecule is N#CCCNC(=O)C1CNc2ccccc2C1. The molecule has 1 aliphatic heterocycles. The lowest BCUT2D eigenvalue weighted by Crippen LogP contribution is -2.38. The number of amides is 1. The minimum atomic E-state index is -0.0383. The zero-order valence-electron chi connectivity index (χ0n) is 9.57. The van der Waals surface area contributed by atoms with Crippen LogP contribution in [0.2, 0.25) is 0 Å². The lowest BCUT2D eigenvalue weighted by atomic mass is 9.93. The summed E-state index contributed by atoms with van der Waals surface area (Å²) in [5.74, 6) is -0.00848. The Morgan fingerprint density at radius 3 is 3.18 bits per heavy atom. The highest BCUT2D eigenvalue weighted by Gasteiger charge is 2.23. The van der Waals surface area contributed by atoms with Gasteiger partial charge in [-0.3, -0.25) is 4.79 Å². The van der Waals surface area contributed by atoms with Crippen molar-refractivity contribution >= 4 is 11.6 Å². The van der Waals surface area contributed by atoms with Crippen LogP contribution in [0, 0.1) is 17.2 Å². The maximum atomic E-state index is 11.8. The van der Waals surface area contributed by atoms with E-state index < -0.39 is 0 Å². The summed E-state index contributed by atoms with van der Waals surface area (Å²) in [6.07, 6.45) is 1.13. The van der Waals surface area contributed by atoms with Crippen molar-refractivity contribution in [3.8, 4) is 6.07 Å². The van der Waals surface area contributed by atoms with Gasteiger partial charge in [0.25, 0.3) is 0 Å². The summed E-state index contributed by atoms with van der Waals surface area (Å²) in [7, 11) is 0. The van der Waals surface area contributed by atoms with Gasteiger partial charge in [-0.15, -0.1) is 0 Å². The van der Waals surface area contributed by atoms with E-state index in [4.69, 9.17) is 5.26 Å². The highest BCUT2D eigenvalue weighted by molar-refractivity contribution is 5.80. The highest BCUT2D eigenvalue weighted by Crippen LogP contribution is 2.24. The molecule has 0 saturated heterocycles. The summed E-state index contributed by atoms with van der Waals surface area (Å²) < 4.78 is 0. The maximum absolute atomic E-state index is 11.8. The third-order valence-corrected chi connectivity index (χ3v) is 2.93. The van der Waals surface area contributed by atoms with Crippen molar-refractivity contribution in [2.24, 2.45) is 5.92 Å². The van der Waals surface area contributed by atoms with Crippen LogP contribution in [0.15, 0.2) is 24.3 Å². The van der Waals surface area contributed by atoms with Gasteiger partial charge < -0.3 is 10.6 Å². The van der Waals surface area contributed by atoms with Crippen molar-refractivity contribution in [2.75, 3.05) is 18.4 Å². The normalized spacial score (nSPS) is 17.5. The van der Waals surface area contributed by atoms with E-state index in [1.54, 1.807) is 0 Å². The zero-order valence-corrected chi connectivity index (χ0v) is 9.57. The number of nitrogens with one attached hydrogen (secondary N) is 2. The van der Waals surface area contributed by atoms with Gasteiger partial charge in [0, 0.05) is 18.8 Å². The van der Waals surface area contributed by atoms with Crippen LogP contribution in [0.3, 0.4) is 0 Å². The first-order valence-electron chi connectivity index (χ1n) is 5.77. The highest BCUT2D eigenvalue weighted by atomic mass is 16.1. The summed E-state index contributed by atoms with van der Waals surface area (Å²) in [5, 5.41) is 14.4. The molecule has 2 rings (SSSR count). The van der Waals surface area contributed by atoms with Crippen molar-refractivity contribution in [3.63, 3.8) is 0 Å². The second kappa shape index (κ2) is 5.35. The number of carbonyl (C=O) groups excluding carboxylic acids is 1. The Morgan fingerprint density at radius 1 is 1.53 bits per heavy atom. The summed E-state index contributed by atoms with van der Waals surface area (Å²) in [6.45, 7) is 1.10.